The minimum Gasteiger partial charge on any atom is -0.335 e. The predicted molar refractivity (Wildman–Crippen MR) is 65.1 cm³/mol. The van der Waals surface area contributed by atoms with Crippen LogP contribution in [0.25, 0.3) is 0 Å². The lowest BCUT2D eigenvalue weighted by Crippen LogP contribution is -2.38. The summed E-state index contributed by atoms with van der Waals surface area (Å²) in [6.45, 7) is 6.25. The van der Waals surface area contributed by atoms with Crippen molar-refractivity contribution in [3.05, 3.63) is 48.0 Å². The van der Waals surface area contributed by atoms with Crippen molar-refractivity contribution in [2.45, 2.75) is 25.8 Å². The van der Waals surface area contributed by atoms with Gasteiger partial charge in [-0.3, -0.25) is 4.79 Å². The number of hydrogen-bond acceptors (Lipinski definition) is 1. The molecule has 1 aliphatic heterocycles. The molecular formula is C14H17NO. The first-order valence-corrected chi connectivity index (χ1v) is 5.70. The first-order valence-electron chi connectivity index (χ1n) is 5.70. The molecule has 2 rings (SSSR count). The van der Waals surface area contributed by atoms with Crippen LogP contribution in [-0.2, 0) is 11.2 Å². The number of carbonyl (C=O) groups is 1. The van der Waals surface area contributed by atoms with E-state index < -0.39 is 0 Å². The third-order valence-corrected chi connectivity index (χ3v) is 3.21. The van der Waals surface area contributed by atoms with Crippen molar-refractivity contribution in [2.75, 3.05) is 6.54 Å². The Morgan fingerprint density at radius 2 is 2.31 bits per heavy atom. The smallest absolute Gasteiger partial charge is 0.219 e. The third kappa shape index (κ3) is 1.87. The van der Waals surface area contributed by atoms with Gasteiger partial charge in [0.25, 0.3) is 0 Å². The van der Waals surface area contributed by atoms with Gasteiger partial charge in [0.05, 0.1) is 6.04 Å². The van der Waals surface area contributed by atoms with Gasteiger partial charge in [0.15, 0.2) is 0 Å². The van der Waals surface area contributed by atoms with Crippen LogP contribution in [0.2, 0.25) is 0 Å². The second-order valence-corrected chi connectivity index (χ2v) is 4.20. The van der Waals surface area contributed by atoms with Crippen molar-refractivity contribution in [3.63, 3.8) is 0 Å². The normalized spacial score (nSPS) is 19.1. The Morgan fingerprint density at radius 1 is 1.56 bits per heavy atom. The molecule has 84 valence electrons. The molecule has 1 heterocycles. The van der Waals surface area contributed by atoms with Crippen molar-refractivity contribution < 1.29 is 4.79 Å². The summed E-state index contributed by atoms with van der Waals surface area (Å²) in [5, 5.41) is 0. The van der Waals surface area contributed by atoms with Crippen molar-refractivity contribution in [3.8, 4) is 0 Å². The predicted octanol–water partition coefficient (Wildman–Crippen LogP) is 2.71. The van der Waals surface area contributed by atoms with Gasteiger partial charge in [-0.15, -0.1) is 6.58 Å². The molecular weight excluding hydrogens is 198 g/mol. The molecule has 0 radical (unpaired) electrons. The molecule has 1 aliphatic rings. The molecule has 0 spiro atoms. The molecule has 1 aromatic carbocycles. The molecule has 1 amide bonds. The lowest BCUT2D eigenvalue weighted by Gasteiger charge is -2.36. The Kier molecular flexibility index (Phi) is 3.09. The van der Waals surface area contributed by atoms with Crippen LogP contribution in [0.1, 0.15) is 30.5 Å². The first kappa shape index (κ1) is 10.9. The minimum absolute atomic E-state index is 0.154. The number of benzene rings is 1. The third-order valence-electron chi connectivity index (χ3n) is 3.21. The second kappa shape index (κ2) is 4.52. The van der Waals surface area contributed by atoms with Crippen LogP contribution in [0.4, 0.5) is 0 Å². The van der Waals surface area contributed by atoms with Crippen molar-refractivity contribution in [2.24, 2.45) is 0 Å². The average molecular weight is 215 g/mol. The van der Waals surface area contributed by atoms with Crippen LogP contribution in [0.5, 0.6) is 0 Å². The zero-order valence-corrected chi connectivity index (χ0v) is 9.65. The van der Waals surface area contributed by atoms with E-state index in [0.29, 0.717) is 0 Å². The fourth-order valence-electron chi connectivity index (χ4n) is 2.44. The number of fused-ring (bicyclic) bond motifs is 1. The van der Waals surface area contributed by atoms with E-state index in [1.54, 1.807) is 6.92 Å². The maximum absolute atomic E-state index is 11.6. The van der Waals surface area contributed by atoms with E-state index in [4.69, 9.17) is 0 Å². The van der Waals surface area contributed by atoms with E-state index in [0.717, 1.165) is 19.4 Å². The van der Waals surface area contributed by atoms with E-state index in [1.165, 1.54) is 11.1 Å². The summed E-state index contributed by atoms with van der Waals surface area (Å²) in [7, 11) is 0. The van der Waals surface area contributed by atoms with Crippen LogP contribution in [0.15, 0.2) is 36.9 Å². The summed E-state index contributed by atoms with van der Waals surface area (Å²) >= 11 is 0. The molecule has 0 N–H and O–H groups in total. The minimum atomic E-state index is 0.154. The van der Waals surface area contributed by atoms with Crippen molar-refractivity contribution >= 4 is 5.91 Å². The Morgan fingerprint density at radius 3 is 3.00 bits per heavy atom. The van der Waals surface area contributed by atoms with E-state index in [-0.39, 0.29) is 11.9 Å². The van der Waals surface area contributed by atoms with Gasteiger partial charge < -0.3 is 4.90 Å². The lowest BCUT2D eigenvalue weighted by atomic mass is 9.91. The molecule has 0 aliphatic carbocycles. The van der Waals surface area contributed by atoms with Gasteiger partial charge in [0.1, 0.15) is 0 Å². The monoisotopic (exact) mass is 215 g/mol. The van der Waals surface area contributed by atoms with Crippen LogP contribution < -0.4 is 0 Å². The molecule has 1 atom stereocenters. The number of hydrogen-bond donors (Lipinski definition) is 0. The molecule has 2 nitrogen and oxygen atoms in total. The Labute approximate surface area is 96.6 Å². The summed E-state index contributed by atoms with van der Waals surface area (Å²) in [4.78, 5) is 13.5. The number of rotatable bonds is 2. The molecule has 16 heavy (non-hydrogen) atoms. The van der Waals surface area contributed by atoms with Gasteiger partial charge in [-0.2, -0.15) is 0 Å². The highest BCUT2D eigenvalue weighted by Crippen LogP contribution is 2.32. The summed E-state index contributed by atoms with van der Waals surface area (Å²) in [5.74, 6) is 0.154. The van der Waals surface area contributed by atoms with Crippen LogP contribution in [0, 0.1) is 0 Å². The zero-order chi connectivity index (χ0) is 11.5. The largest absolute Gasteiger partial charge is 0.335 e. The summed E-state index contributed by atoms with van der Waals surface area (Å²) in [6.07, 6.45) is 3.68. The highest BCUT2D eigenvalue weighted by molar-refractivity contribution is 5.74. The first-order chi connectivity index (χ1) is 7.74. The Bertz CT molecular complexity index is 411. The second-order valence-electron chi connectivity index (χ2n) is 4.20. The molecule has 2 heteroatoms. The maximum atomic E-state index is 11.6. The quantitative estimate of drug-likeness (QED) is 0.695. The average Bonchev–Trinajstić information content (AvgIpc) is 2.29. The molecule has 0 fully saturated rings. The van der Waals surface area contributed by atoms with Crippen molar-refractivity contribution in [1.82, 2.24) is 4.90 Å². The van der Waals surface area contributed by atoms with E-state index in [2.05, 4.69) is 24.8 Å². The van der Waals surface area contributed by atoms with E-state index in [1.807, 2.05) is 17.0 Å². The summed E-state index contributed by atoms with van der Waals surface area (Å²) in [6, 6.07) is 8.56. The van der Waals surface area contributed by atoms with Gasteiger partial charge in [0.2, 0.25) is 5.91 Å². The Balaban J connectivity index is 2.38. The molecule has 0 aromatic heterocycles. The molecule has 0 bridgehead atoms. The lowest BCUT2D eigenvalue weighted by molar-refractivity contribution is -0.131. The van der Waals surface area contributed by atoms with Crippen LogP contribution in [0.3, 0.4) is 0 Å². The van der Waals surface area contributed by atoms with Gasteiger partial charge in [-0.25, -0.2) is 0 Å². The molecule has 0 saturated carbocycles. The highest BCUT2D eigenvalue weighted by atomic mass is 16.2. The van der Waals surface area contributed by atoms with E-state index >= 15 is 0 Å². The molecule has 1 unspecified atom stereocenters. The van der Waals surface area contributed by atoms with E-state index in [9.17, 15) is 4.79 Å². The molecule has 1 aromatic rings. The summed E-state index contributed by atoms with van der Waals surface area (Å²) in [5.41, 5.74) is 2.65. The standard InChI is InChI=1S/C14H17NO/c1-3-6-14-13-8-5-4-7-12(13)9-10-15(14)11(2)16/h3-5,7-8,14H,1,6,9-10H2,2H3. The SMILES string of the molecule is C=CCC1c2ccccc2CCN1C(C)=O. The van der Waals surface area contributed by atoms with Crippen LogP contribution >= 0.6 is 0 Å². The van der Waals surface area contributed by atoms with Gasteiger partial charge in [-0.1, -0.05) is 30.3 Å². The Hall–Kier alpha value is -1.57. The fourth-order valence-corrected chi connectivity index (χ4v) is 2.44. The number of nitrogens with zero attached hydrogens (tertiary/aromatic N) is 1. The van der Waals surface area contributed by atoms with Crippen molar-refractivity contribution in [1.29, 1.82) is 0 Å². The van der Waals surface area contributed by atoms with Gasteiger partial charge in [-0.05, 0) is 24.0 Å². The topological polar surface area (TPSA) is 20.3 Å². The molecule has 0 saturated heterocycles. The van der Waals surface area contributed by atoms with Gasteiger partial charge >= 0.3 is 0 Å². The zero-order valence-electron chi connectivity index (χ0n) is 9.65. The number of amides is 1. The summed E-state index contributed by atoms with van der Waals surface area (Å²) < 4.78 is 0. The number of carbonyl (C=O) groups excluding carboxylic acids is 1. The highest BCUT2D eigenvalue weighted by Gasteiger charge is 2.27. The van der Waals surface area contributed by atoms with Gasteiger partial charge in [0, 0.05) is 13.5 Å². The van der Waals surface area contributed by atoms with Crippen LogP contribution in [-0.4, -0.2) is 17.4 Å². The maximum Gasteiger partial charge on any atom is 0.219 e. The fraction of sp³-hybridized carbons (Fsp3) is 0.357.